The van der Waals surface area contributed by atoms with Crippen LogP contribution in [0.4, 0.5) is 0 Å². The quantitative estimate of drug-likeness (QED) is 0.858. The van der Waals surface area contributed by atoms with E-state index in [-0.39, 0.29) is 0 Å². The van der Waals surface area contributed by atoms with Crippen LogP contribution in [0.3, 0.4) is 0 Å². The number of nitrogens with one attached hydrogen (secondary N) is 1. The van der Waals surface area contributed by atoms with Gasteiger partial charge in [-0.05, 0) is 30.6 Å². The van der Waals surface area contributed by atoms with Gasteiger partial charge in [0.25, 0.3) is 0 Å². The van der Waals surface area contributed by atoms with Crippen LogP contribution in [0.25, 0.3) is 0 Å². The topological polar surface area (TPSA) is 24.5 Å². The average Bonchev–Trinajstić information content (AvgIpc) is 2.85. The van der Waals surface area contributed by atoms with Crippen molar-refractivity contribution in [2.24, 2.45) is 11.3 Å². The van der Waals surface area contributed by atoms with Crippen LogP contribution in [-0.2, 0) is 4.74 Å². The summed E-state index contributed by atoms with van der Waals surface area (Å²) in [6, 6.07) is 1.31. The maximum absolute atomic E-state index is 5.88. The van der Waals surface area contributed by atoms with E-state index in [1.807, 2.05) is 0 Å². The Kier molecular flexibility index (Phi) is 5.49. The van der Waals surface area contributed by atoms with Gasteiger partial charge in [-0.25, -0.2) is 0 Å². The number of hydrogen-bond donors (Lipinski definition) is 1. The van der Waals surface area contributed by atoms with Gasteiger partial charge in [0.2, 0.25) is 0 Å². The molecule has 4 atom stereocenters. The third-order valence-corrected chi connectivity index (χ3v) is 5.27. The second kappa shape index (κ2) is 6.76. The van der Waals surface area contributed by atoms with Gasteiger partial charge in [-0.15, -0.1) is 0 Å². The van der Waals surface area contributed by atoms with Crippen molar-refractivity contribution in [2.75, 3.05) is 26.2 Å². The smallest absolute Gasteiger partial charge is 0.0613 e. The molecule has 0 aliphatic carbocycles. The predicted octanol–water partition coefficient (Wildman–Crippen LogP) is 2.90. The summed E-state index contributed by atoms with van der Waals surface area (Å²) in [5.74, 6) is 0.743. The molecule has 0 saturated carbocycles. The lowest BCUT2D eigenvalue weighted by Gasteiger charge is -2.46. The standard InChI is InChI=1S/C17H34N2O/c1-6-14-10-18-16(17(3,4)5)12-19(14)11-13-8-9-20-15(13)7-2/h13-16,18H,6-12H2,1-5H3. The summed E-state index contributed by atoms with van der Waals surface area (Å²) in [4.78, 5) is 2.74. The average molecular weight is 282 g/mol. The van der Waals surface area contributed by atoms with Crippen molar-refractivity contribution >= 4 is 0 Å². The van der Waals surface area contributed by atoms with Gasteiger partial charge in [0.1, 0.15) is 0 Å². The molecule has 0 aromatic carbocycles. The molecule has 0 spiro atoms. The SMILES string of the molecule is CCC1OCCC1CN1CC(C(C)(C)C)NCC1CC. The molecule has 2 aliphatic heterocycles. The Balaban J connectivity index is 1.98. The van der Waals surface area contributed by atoms with E-state index in [0.717, 1.165) is 25.5 Å². The normalized spacial score (nSPS) is 36.5. The maximum atomic E-state index is 5.88. The highest BCUT2D eigenvalue weighted by Gasteiger charge is 2.36. The minimum atomic E-state index is 0.341. The van der Waals surface area contributed by atoms with Crippen LogP contribution in [-0.4, -0.2) is 49.3 Å². The second-order valence-corrected chi connectivity index (χ2v) is 7.71. The molecule has 2 heterocycles. The van der Waals surface area contributed by atoms with Crippen molar-refractivity contribution in [3.05, 3.63) is 0 Å². The highest BCUT2D eigenvalue weighted by molar-refractivity contribution is 4.93. The third kappa shape index (κ3) is 3.75. The van der Waals surface area contributed by atoms with Crippen molar-refractivity contribution in [1.82, 2.24) is 10.2 Å². The van der Waals surface area contributed by atoms with E-state index < -0.39 is 0 Å². The van der Waals surface area contributed by atoms with Crippen molar-refractivity contribution in [3.63, 3.8) is 0 Å². The van der Waals surface area contributed by atoms with E-state index in [0.29, 0.717) is 23.6 Å². The summed E-state index contributed by atoms with van der Waals surface area (Å²) in [6.07, 6.45) is 4.15. The van der Waals surface area contributed by atoms with Crippen molar-refractivity contribution in [1.29, 1.82) is 0 Å². The maximum Gasteiger partial charge on any atom is 0.0613 e. The van der Waals surface area contributed by atoms with Gasteiger partial charge in [0.15, 0.2) is 0 Å². The van der Waals surface area contributed by atoms with E-state index in [2.05, 4.69) is 44.8 Å². The number of hydrogen-bond acceptors (Lipinski definition) is 3. The molecule has 2 aliphatic rings. The van der Waals surface area contributed by atoms with Gasteiger partial charge in [-0.1, -0.05) is 34.6 Å². The minimum absolute atomic E-state index is 0.341. The van der Waals surface area contributed by atoms with Gasteiger partial charge in [-0.3, -0.25) is 4.90 Å². The van der Waals surface area contributed by atoms with Crippen LogP contribution in [0.1, 0.15) is 53.9 Å². The summed E-state index contributed by atoms with van der Waals surface area (Å²) in [6.45, 7) is 16.2. The van der Waals surface area contributed by atoms with E-state index in [1.54, 1.807) is 0 Å². The van der Waals surface area contributed by atoms with E-state index in [1.165, 1.54) is 25.9 Å². The first kappa shape index (κ1) is 16.3. The fourth-order valence-electron chi connectivity index (χ4n) is 3.72. The Morgan fingerprint density at radius 1 is 1.20 bits per heavy atom. The Hall–Kier alpha value is -0.120. The lowest BCUT2D eigenvalue weighted by molar-refractivity contribution is 0.0411. The fourth-order valence-corrected chi connectivity index (χ4v) is 3.72. The van der Waals surface area contributed by atoms with Gasteiger partial charge in [-0.2, -0.15) is 0 Å². The molecular weight excluding hydrogens is 248 g/mol. The molecule has 3 nitrogen and oxygen atoms in total. The highest BCUT2D eigenvalue weighted by atomic mass is 16.5. The molecule has 4 unspecified atom stereocenters. The number of rotatable bonds is 4. The third-order valence-electron chi connectivity index (χ3n) is 5.27. The van der Waals surface area contributed by atoms with Crippen LogP contribution < -0.4 is 5.32 Å². The second-order valence-electron chi connectivity index (χ2n) is 7.71. The molecule has 0 radical (unpaired) electrons. The monoisotopic (exact) mass is 282 g/mol. The van der Waals surface area contributed by atoms with Crippen LogP contribution in [0.5, 0.6) is 0 Å². The van der Waals surface area contributed by atoms with Crippen LogP contribution in [0.2, 0.25) is 0 Å². The summed E-state index contributed by atoms with van der Waals surface area (Å²) in [5.41, 5.74) is 0.341. The number of nitrogens with zero attached hydrogens (tertiary/aromatic N) is 1. The molecule has 3 heteroatoms. The first-order chi connectivity index (χ1) is 9.45. The lowest BCUT2D eigenvalue weighted by atomic mass is 9.84. The van der Waals surface area contributed by atoms with Gasteiger partial charge in [0.05, 0.1) is 6.10 Å². The Morgan fingerprint density at radius 2 is 1.95 bits per heavy atom. The molecule has 0 bridgehead atoms. The number of piperazine rings is 1. The molecule has 2 fully saturated rings. The molecule has 1 N–H and O–H groups in total. The van der Waals surface area contributed by atoms with Crippen molar-refractivity contribution in [3.8, 4) is 0 Å². The summed E-state index contributed by atoms with van der Waals surface area (Å²) in [7, 11) is 0. The predicted molar refractivity (Wildman–Crippen MR) is 85.0 cm³/mol. The largest absolute Gasteiger partial charge is 0.378 e. The fraction of sp³-hybridized carbons (Fsp3) is 1.00. The molecule has 0 amide bonds. The zero-order valence-corrected chi connectivity index (χ0v) is 14.1. The molecule has 118 valence electrons. The molecule has 0 aromatic rings. The van der Waals surface area contributed by atoms with Crippen molar-refractivity contribution < 1.29 is 4.74 Å². The van der Waals surface area contributed by atoms with Crippen molar-refractivity contribution in [2.45, 2.75) is 72.1 Å². The first-order valence-electron chi connectivity index (χ1n) is 8.54. The minimum Gasteiger partial charge on any atom is -0.378 e. The molecule has 20 heavy (non-hydrogen) atoms. The van der Waals surface area contributed by atoms with Crippen LogP contribution >= 0.6 is 0 Å². The molecular formula is C17H34N2O. The molecule has 2 saturated heterocycles. The first-order valence-corrected chi connectivity index (χ1v) is 8.54. The van der Waals surface area contributed by atoms with Crippen LogP contribution in [0.15, 0.2) is 0 Å². The summed E-state index contributed by atoms with van der Waals surface area (Å²) < 4.78 is 5.88. The Bertz CT molecular complexity index is 300. The Labute approximate surface area is 125 Å². The van der Waals surface area contributed by atoms with Gasteiger partial charge >= 0.3 is 0 Å². The van der Waals surface area contributed by atoms with E-state index in [4.69, 9.17) is 4.74 Å². The zero-order chi connectivity index (χ0) is 14.8. The van der Waals surface area contributed by atoms with Gasteiger partial charge < -0.3 is 10.1 Å². The van der Waals surface area contributed by atoms with Crippen LogP contribution in [0, 0.1) is 11.3 Å². The number of ether oxygens (including phenoxy) is 1. The molecule has 2 rings (SSSR count). The summed E-state index contributed by atoms with van der Waals surface area (Å²) >= 11 is 0. The summed E-state index contributed by atoms with van der Waals surface area (Å²) in [5, 5.41) is 3.77. The van der Waals surface area contributed by atoms with E-state index in [9.17, 15) is 0 Å². The highest BCUT2D eigenvalue weighted by Crippen LogP contribution is 2.29. The van der Waals surface area contributed by atoms with E-state index >= 15 is 0 Å². The lowest BCUT2D eigenvalue weighted by Crippen LogP contribution is -2.61. The Morgan fingerprint density at radius 3 is 2.55 bits per heavy atom. The zero-order valence-electron chi connectivity index (χ0n) is 14.1. The van der Waals surface area contributed by atoms with Gasteiger partial charge in [0, 0.05) is 38.3 Å². The molecule has 0 aromatic heterocycles.